The second-order valence-corrected chi connectivity index (χ2v) is 9.68. The van der Waals surface area contributed by atoms with E-state index in [1.165, 1.54) is 11.3 Å². The minimum Gasteiger partial charge on any atom is -0.497 e. The average Bonchev–Trinajstić information content (AvgIpc) is 3.58. The van der Waals surface area contributed by atoms with Gasteiger partial charge in [0.15, 0.2) is 0 Å². The van der Waals surface area contributed by atoms with Crippen LogP contribution in [0.3, 0.4) is 0 Å². The predicted octanol–water partition coefficient (Wildman–Crippen LogP) is 4.86. The molecular formula is C25H26N4O3S. The van der Waals surface area contributed by atoms with Crippen molar-refractivity contribution in [3.63, 3.8) is 0 Å². The van der Waals surface area contributed by atoms with Crippen molar-refractivity contribution >= 4 is 34.0 Å². The van der Waals surface area contributed by atoms with Gasteiger partial charge in [0, 0.05) is 18.0 Å². The second kappa shape index (κ2) is 8.94. The Bertz CT molecular complexity index is 1160. The lowest BCUT2D eigenvalue weighted by molar-refractivity contribution is -0.125. The maximum atomic E-state index is 13.5. The van der Waals surface area contributed by atoms with Crippen molar-refractivity contribution in [1.82, 2.24) is 10.2 Å². The van der Waals surface area contributed by atoms with E-state index in [-0.39, 0.29) is 11.8 Å². The van der Waals surface area contributed by atoms with Gasteiger partial charge in [0.25, 0.3) is 0 Å². The summed E-state index contributed by atoms with van der Waals surface area (Å²) in [5.74, 6) is 0.662. The van der Waals surface area contributed by atoms with Crippen molar-refractivity contribution in [3.05, 3.63) is 64.7 Å². The Hall–Kier alpha value is -3.26. The third-order valence-corrected chi connectivity index (χ3v) is 7.30. The monoisotopic (exact) mass is 462 g/mol. The number of benzene rings is 2. The molecule has 1 saturated heterocycles. The summed E-state index contributed by atoms with van der Waals surface area (Å²) < 4.78 is 5.31. The molecule has 1 aromatic heterocycles. The number of piperidine rings is 1. The van der Waals surface area contributed by atoms with Crippen LogP contribution in [0.2, 0.25) is 0 Å². The van der Waals surface area contributed by atoms with Gasteiger partial charge in [-0.05, 0) is 56.0 Å². The highest BCUT2D eigenvalue weighted by atomic mass is 32.1. The lowest BCUT2D eigenvalue weighted by Gasteiger charge is -2.40. The fraction of sp³-hybridized carbons (Fsp3) is 0.360. The first-order chi connectivity index (χ1) is 16.0. The molecule has 170 valence electrons. The lowest BCUT2D eigenvalue weighted by atomic mass is 9.83. The quantitative estimate of drug-likeness (QED) is 0.566. The van der Waals surface area contributed by atoms with Crippen LogP contribution in [-0.4, -0.2) is 29.1 Å². The van der Waals surface area contributed by atoms with Crippen LogP contribution in [0.15, 0.2) is 48.5 Å². The number of rotatable bonds is 6. The van der Waals surface area contributed by atoms with Crippen LogP contribution in [0.25, 0.3) is 0 Å². The number of nitrogens with zero attached hydrogens (tertiary/aromatic N) is 3. The van der Waals surface area contributed by atoms with Crippen molar-refractivity contribution in [3.8, 4) is 5.75 Å². The van der Waals surface area contributed by atoms with Crippen LogP contribution in [0.4, 0.5) is 10.8 Å². The van der Waals surface area contributed by atoms with Gasteiger partial charge in [-0.25, -0.2) is 0 Å². The molecule has 1 aliphatic heterocycles. The molecule has 2 fully saturated rings. The Kier molecular flexibility index (Phi) is 5.85. The highest BCUT2D eigenvalue weighted by molar-refractivity contribution is 7.15. The molecule has 1 saturated carbocycles. The van der Waals surface area contributed by atoms with Gasteiger partial charge in [-0.1, -0.05) is 41.2 Å². The molecule has 1 N–H and O–H groups in total. The molecule has 2 unspecified atom stereocenters. The van der Waals surface area contributed by atoms with Crippen molar-refractivity contribution in [2.75, 3.05) is 17.3 Å². The van der Waals surface area contributed by atoms with E-state index >= 15 is 0 Å². The number of aromatic nitrogens is 2. The van der Waals surface area contributed by atoms with Crippen molar-refractivity contribution in [2.24, 2.45) is 5.92 Å². The third-order valence-electron chi connectivity index (χ3n) is 6.30. The van der Waals surface area contributed by atoms with E-state index in [9.17, 15) is 9.59 Å². The first kappa shape index (κ1) is 21.6. The molecule has 8 heteroatoms. The normalized spacial score (nSPS) is 20.5. The van der Waals surface area contributed by atoms with E-state index in [0.29, 0.717) is 23.9 Å². The Morgan fingerprint density at radius 1 is 1.06 bits per heavy atom. The van der Waals surface area contributed by atoms with E-state index in [0.717, 1.165) is 40.4 Å². The van der Waals surface area contributed by atoms with Crippen LogP contribution in [-0.2, 0) is 9.59 Å². The van der Waals surface area contributed by atoms with Gasteiger partial charge in [-0.2, -0.15) is 0 Å². The minimum absolute atomic E-state index is 0.00987. The van der Waals surface area contributed by atoms with E-state index in [1.54, 1.807) is 12.0 Å². The molecule has 5 rings (SSSR count). The summed E-state index contributed by atoms with van der Waals surface area (Å²) in [6.45, 7) is 2.01. The lowest BCUT2D eigenvalue weighted by Crippen LogP contribution is -2.47. The van der Waals surface area contributed by atoms with E-state index < -0.39 is 12.0 Å². The maximum absolute atomic E-state index is 13.5. The fourth-order valence-electron chi connectivity index (χ4n) is 4.34. The van der Waals surface area contributed by atoms with Gasteiger partial charge >= 0.3 is 0 Å². The zero-order valence-electron chi connectivity index (χ0n) is 18.7. The second-order valence-electron chi connectivity index (χ2n) is 8.67. The van der Waals surface area contributed by atoms with Gasteiger partial charge in [0.1, 0.15) is 10.8 Å². The summed E-state index contributed by atoms with van der Waals surface area (Å²) >= 11 is 1.45. The number of ether oxygens (including phenoxy) is 1. The van der Waals surface area contributed by atoms with Crippen molar-refractivity contribution in [2.45, 2.75) is 44.6 Å². The van der Waals surface area contributed by atoms with Gasteiger partial charge < -0.3 is 15.0 Å². The summed E-state index contributed by atoms with van der Waals surface area (Å²) in [6, 6.07) is 15.0. The van der Waals surface area contributed by atoms with Crippen LogP contribution in [0.1, 0.15) is 53.8 Å². The topological polar surface area (TPSA) is 84.4 Å². The highest BCUT2D eigenvalue weighted by Gasteiger charge is 2.42. The van der Waals surface area contributed by atoms with Crippen molar-refractivity contribution < 1.29 is 14.3 Å². The molecule has 2 atom stereocenters. The molecule has 7 nitrogen and oxygen atoms in total. The predicted molar refractivity (Wildman–Crippen MR) is 128 cm³/mol. The number of methoxy groups -OCH3 is 1. The number of carbonyl (C=O) groups excluding carboxylic acids is 2. The van der Waals surface area contributed by atoms with E-state index in [4.69, 9.17) is 4.74 Å². The number of nitrogens with one attached hydrogen (secondary N) is 1. The Morgan fingerprint density at radius 2 is 1.79 bits per heavy atom. The van der Waals surface area contributed by atoms with Crippen molar-refractivity contribution in [1.29, 1.82) is 0 Å². The SMILES string of the molecule is COc1ccc(C2C(C(=O)Nc3nnc(C4CC4)s3)CCC(=O)N2c2ccc(C)cc2)cc1. The molecule has 0 spiro atoms. The molecule has 2 aromatic carbocycles. The van der Waals surface area contributed by atoms with Crippen LogP contribution >= 0.6 is 11.3 Å². The smallest absolute Gasteiger partial charge is 0.231 e. The molecular weight excluding hydrogens is 436 g/mol. The van der Waals surface area contributed by atoms with Crippen LogP contribution < -0.4 is 15.0 Å². The molecule has 2 heterocycles. The molecule has 1 aliphatic carbocycles. The zero-order chi connectivity index (χ0) is 22.9. The van der Waals surface area contributed by atoms with Crippen LogP contribution in [0, 0.1) is 12.8 Å². The summed E-state index contributed by atoms with van der Waals surface area (Å²) in [5.41, 5.74) is 2.79. The number of amides is 2. The molecule has 0 bridgehead atoms. The van der Waals surface area contributed by atoms with E-state index in [1.807, 2.05) is 55.5 Å². The Labute approximate surface area is 196 Å². The fourth-order valence-corrected chi connectivity index (χ4v) is 5.25. The number of anilines is 2. The van der Waals surface area contributed by atoms with Crippen LogP contribution in [0.5, 0.6) is 5.75 Å². The summed E-state index contributed by atoms with van der Waals surface area (Å²) in [4.78, 5) is 28.4. The first-order valence-electron chi connectivity index (χ1n) is 11.2. The first-order valence-corrected chi connectivity index (χ1v) is 12.0. The zero-order valence-corrected chi connectivity index (χ0v) is 19.5. The number of aryl methyl sites for hydroxylation is 1. The van der Waals surface area contributed by atoms with Gasteiger partial charge in [0.05, 0.1) is 19.1 Å². The summed E-state index contributed by atoms with van der Waals surface area (Å²) in [7, 11) is 1.62. The Morgan fingerprint density at radius 3 is 2.45 bits per heavy atom. The standard InChI is InChI=1S/C25H26N4O3S/c1-15-3-9-18(10-4-15)29-21(30)14-13-20(22(29)16-7-11-19(32-2)12-8-16)23(31)26-25-28-27-24(33-25)17-5-6-17/h3-4,7-12,17,20,22H,5-6,13-14H2,1-2H3,(H,26,28,31). The summed E-state index contributed by atoms with van der Waals surface area (Å²) in [6.07, 6.45) is 3.05. The molecule has 2 amide bonds. The van der Waals surface area contributed by atoms with Gasteiger partial charge in [-0.15, -0.1) is 10.2 Å². The highest BCUT2D eigenvalue weighted by Crippen LogP contribution is 2.43. The number of hydrogen-bond acceptors (Lipinski definition) is 6. The van der Waals surface area contributed by atoms with Gasteiger partial charge in [-0.3, -0.25) is 9.59 Å². The molecule has 0 radical (unpaired) electrons. The number of hydrogen-bond donors (Lipinski definition) is 1. The third kappa shape index (κ3) is 4.48. The summed E-state index contributed by atoms with van der Waals surface area (Å²) in [5, 5.41) is 12.9. The number of carbonyl (C=O) groups is 2. The maximum Gasteiger partial charge on any atom is 0.231 e. The molecule has 2 aliphatic rings. The minimum atomic E-state index is -0.435. The van der Waals surface area contributed by atoms with E-state index in [2.05, 4.69) is 15.5 Å². The molecule has 3 aromatic rings. The Balaban J connectivity index is 1.48. The van der Waals surface area contributed by atoms with Gasteiger partial charge in [0.2, 0.25) is 16.9 Å². The largest absolute Gasteiger partial charge is 0.497 e. The average molecular weight is 463 g/mol. The molecule has 33 heavy (non-hydrogen) atoms.